The van der Waals surface area contributed by atoms with E-state index in [9.17, 15) is 0 Å². The van der Waals surface area contributed by atoms with Crippen molar-refractivity contribution in [1.82, 2.24) is 10.3 Å². The second-order valence-corrected chi connectivity index (χ2v) is 6.02. The van der Waals surface area contributed by atoms with E-state index >= 15 is 0 Å². The van der Waals surface area contributed by atoms with Gasteiger partial charge in [0.2, 0.25) is 0 Å². The zero-order valence-electron chi connectivity index (χ0n) is 11.0. The summed E-state index contributed by atoms with van der Waals surface area (Å²) in [5.41, 5.74) is 2.18. The third kappa shape index (κ3) is 3.26. The Morgan fingerprint density at radius 1 is 1.16 bits per heavy atom. The minimum Gasteiger partial charge on any atom is -0.311 e. The van der Waals surface area contributed by atoms with Gasteiger partial charge in [0.05, 0.1) is 11.2 Å². The molecule has 0 radical (unpaired) electrons. The fourth-order valence-corrected chi connectivity index (χ4v) is 3.19. The first-order chi connectivity index (χ1) is 9.31. The normalized spacial score (nSPS) is 23.0. The van der Waals surface area contributed by atoms with Crippen molar-refractivity contribution in [3.8, 4) is 0 Å². The van der Waals surface area contributed by atoms with Crippen LogP contribution in [-0.4, -0.2) is 16.9 Å². The first-order valence-electron chi connectivity index (χ1n) is 7.01. The summed E-state index contributed by atoms with van der Waals surface area (Å²) < 4.78 is 0. The van der Waals surface area contributed by atoms with Gasteiger partial charge in [-0.25, -0.2) is 0 Å². The summed E-state index contributed by atoms with van der Waals surface area (Å²) in [7, 11) is 0. The van der Waals surface area contributed by atoms with Crippen LogP contribution < -0.4 is 5.32 Å². The number of nitrogens with one attached hydrogen (secondary N) is 1. The number of benzene rings is 1. The van der Waals surface area contributed by atoms with Crippen molar-refractivity contribution in [3.05, 3.63) is 42.1 Å². The number of halogens is 1. The second-order valence-electron chi connectivity index (χ2n) is 5.40. The molecule has 1 saturated carbocycles. The molecule has 19 heavy (non-hydrogen) atoms. The maximum Gasteiger partial charge on any atom is 0.0705 e. The third-order valence-corrected chi connectivity index (χ3v) is 4.27. The highest BCUT2D eigenvalue weighted by Gasteiger charge is 2.22. The SMILES string of the molecule is ClC1CCC(CNCc2ccc3ccccc3n2)C1. The molecule has 1 aromatic heterocycles. The van der Waals surface area contributed by atoms with Crippen LogP contribution >= 0.6 is 11.6 Å². The van der Waals surface area contributed by atoms with Crippen LogP contribution in [0.5, 0.6) is 0 Å². The quantitative estimate of drug-likeness (QED) is 0.860. The number of fused-ring (bicyclic) bond motifs is 1. The van der Waals surface area contributed by atoms with Gasteiger partial charge in [-0.3, -0.25) is 4.98 Å². The van der Waals surface area contributed by atoms with Crippen molar-refractivity contribution in [2.45, 2.75) is 31.2 Å². The van der Waals surface area contributed by atoms with E-state index in [4.69, 9.17) is 11.6 Å². The molecular formula is C16H19ClN2. The van der Waals surface area contributed by atoms with Gasteiger partial charge < -0.3 is 5.32 Å². The molecule has 1 aromatic carbocycles. The van der Waals surface area contributed by atoms with Crippen LogP contribution in [-0.2, 0) is 6.54 Å². The van der Waals surface area contributed by atoms with Gasteiger partial charge in [-0.15, -0.1) is 11.6 Å². The minimum absolute atomic E-state index is 0.394. The Balaban J connectivity index is 1.56. The van der Waals surface area contributed by atoms with Crippen molar-refractivity contribution < 1.29 is 0 Å². The number of hydrogen-bond acceptors (Lipinski definition) is 2. The molecule has 1 heterocycles. The molecule has 1 aliphatic carbocycles. The van der Waals surface area contributed by atoms with Crippen LogP contribution in [0.3, 0.4) is 0 Å². The predicted octanol–water partition coefficient (Wildman–Crippen LogP) is 3.73. The summed E-state index contributed by atoms with van der Waals surface area (Å²) in [6.07, 6.45) is 3.58. The summed E-state index contributed by atoms with van der Waals surface area (Å²) in [6.45, 7) is 1.89. The van der Waals surface area contributed by atoms with E-state index in [1.54, 1.807) is 0 Å². The van der Waals surface area contributed by atoms with E-state index in [0.29, 0.717) is 5.38 Å². The van der Waals surface area contributed by atoms with Gasteiger partial charge in [-0.1, -0.05) is 24.3 Å². The maximum absolute atomic E-state index is 6.13. The van der Waals surface area contributed by atoms with Gasteiger partial charge in [0, 0.05) is 17.3 Å². The van der Waals surface area contributed by atoms with Crippen molar-refractivity contribution in [2.24, 2.45) is 5.92 Å². The third-order valence-electron chi connectivity index (χ3n) is 3.87. The Hall–Kier alpha value is -1.12. The number of pyridine rings is 1. The first kappa shape index (κ1) is 12.9. The monoisotopic (exact) mass is 274 g/mol. The van der Waals surface area contributed by atoms with Crippen LogP contribution in [0.2, 0.25) is 0 Å². The highest BCUT2D eigenvalue weighted by Crippen LogP contribution is 2.28. The largest absolute Gasteiger partial charge is 0.311 e. The zero-order valence-corrected chi connectivity index (χ0v) is 11.7. The molecule has 0 aliphatic heterocycles. The molecule has 2 atom stereocenters. The predicted molar refractivity (Wildman–Crippen MR) is 80.4 cm³/mol. The Labute approximate surface area is 119 Å². The Morgan fingerprint density at radius 2 is 2.05 bits per heavy atom. The van der Waals surface area contributed by atoms with Crippen LogP contribution in [0, 0.1) is 5.92 Å². The topological polar surface area (TPSA) is 24.9 Å². The molecule has 3 rings (SSSR count). The summed E-state index contributed by atoms with van der Waals surface area (Å²) in [5, 5.41) is 5.10. The first-order valence-corrected chi connectivity index (χ1v) is 7.44. The molecule has 0 amide bonds. The Morgan fingerprint density at radius 3 is 2.89 bits per heavy atom. The molecule has 2 aromatic rings. The van der Waals surface area contributed by atoms with E-state index in [1.165, 1.54) is 18.2 Å². The highest BCUT2D eigenvalue weighted by molar-refractivity contribution is 6.20. The summed E-state index contributed by atoms with van der Waals surface area (Å²) in [4.78, 5) is 4.67. The van der Waals surface area contributed by atoms with Gasteiger partial charge in [0.25, 0.3) is 0 Å². The van der Waals surface area contributed by atoms with E-state index in [2.05, 4.69) is 34.6 Å². The number of rotatable bonds is 4. The van der Waals surface area contributed by atoms with Crippen LogP contribution in [0.1, 0.15) is 25.0 Å². The van der Waals surface area contributed by atoms with Crippen LogP contribution in [0.25, 0.3) is 10.9 Å². The number of hydrogen-bond donors (Lipinski definition) is 1. The zero-order chi connectivity index (χ0) is 13.1. The molecule has 3 heteroatoms. The van der Waals surface area contributed by atoms with Crippen LogP contribution in [0.4, 0.5) is 0 Å². The fourth-order valence-electron chi connectivity index (χ4n) is 2.81. The molecule has 0 saturated heterocycles. The number of alkyl halides is 1. The van der Waals surface area contributed by atoms with E-state index in [1.807, 2.05) is 12.1 Å². The summed E-state index contributed by atoms with van der Waals surface area (Å²) >= 11 is 6.13. The lowest BCUT2D eigenvalue weighted by atomic mass is 10.1. The summed E-state index contributed by atoms with van der Waals surface area (Å²) in [5.74, 6) is 0.739. The lowest BCUT2D eigenvalue weighted by Gasteiger charge is -2.10. The van der Waals surface area contributed by atoms with E-state index < -0.39 is 0 Å². The molecule has 1 aliphatic rings. The van der Waals surface area contributed by atoms with Gasteiger partial charge in [0.15, 0.2) is 0 Å². The van der Waals surface area contributed by atoms with E-state index in [0.717, 1.165) is 36.6 Å². The number of aromatic nitrogens is 1. The van der Waals surface area contributed by atoms with Gasteiger partial charge in [-0.05, 0) is 43.9 Å². The molecule has 2 nitrogen and oxygen atoms in total. The lowest BCUT2D eigenvalue weighted by molar-refractivity contribution is 0.488. The van der Waals surface area contributed by atoms with Crippen molar-refractivity contribution >= 4 is 22.5 Å². The Bertz CT molecular complexity index is 555. The molecule has 0 bridgehead atoms. The average molecular weight is 275 g/mol. The van der Waals surface area contributed by atoms with Gasteiger partial charge >= 0.3 is 0 Å². The molecule has 100 valence electrons. The van der Waals surface area contributed by atoms with Crippen molar-refractivity contribution in [3.63, 3.8) is 0 Å². The number of nitrogens with zero attached hydrogens (tertiary/aromatic N) is 1. The summed E-state index contributed by atoms with van der Waals surface area (Å²) in [6, 6.07) is 12.5. The molecule has 2 unspecified atom stereocenters. The van der Waals surface area contributed by atoms with Gasteiger partial charge in [-0.2, -0.15) is 0 Å². The van der Waals surface area contributed by atoms with Gasteiger partial charge in [0.1, 0.15) is 0 Å². The second kappa shape index (κ2) is 5.89. The molecular weight excluding hydrogens is 256 g/mol. The fraction of sp³-hybridized carbons (Fsp3) is 0.438. The van der Waals surface area contributed by atoms with Crippen LogP contribution in [0.15, 0.2) is 36.4 Å². The Kier molecular flexibility index (Phi) is 4.00. The smallest absolute Gasteiger partial charge is 0.0705 e. The van der Waals surface area contributed by atoms with Crippen molar-refractivity contribution in [2.75, 3.05) is 6.54 Å². The number of para-hydroxylation sites is 1. The molecule has 0 spiro atoms. The maximum atomic E-state index is 6.13. The molecule has 1 N–H and O–H groups in total. The standard InChI is InChI=1S/C16H19ClN2/c17-14-7-5-12(9-14)10-18-11-15-8-6-13-3-1-2-4-16(13)19-15/h1-4,6,8,12,14,18H,5,7,9-11H2. The minimum atomic E-state index is 0.394. The highest BCUT2D eigenvalue weighted by atomic mass is 35.5. The average Bonchev–Trinajstić information content (AvgIpc) is 2.84. The lowest BCUT2D eigenvalue weighted by Crippen LogP contribution is -2.21. The van der Waals surface area contributed by atoms with Crippen molar-refractivity contribution in [1.29, 1.82) is 0 Å². The molecule has 1 fully saturated rings. The van der Waals surface area contributed by atoms with E-state index in [-0.39, 0.29) is 0 Å².